The first-order valence-corrected chi connectivity index (χ1v) is 6.56. The summed E-state index contributed by atoms with van der Waals surface area (Å²) < 4.78 is 0. The van der Waals surface area contributed by atoms with Crippen LogP contribution in [0.2, 0.25) is 0 Å². The van der Waals surface area contributed by atoms with E-state index in [0.717, 1.165) is 23.7 Å². The first-order chi connectivity index (χ1) is 9.24. The highest BCUT2D eigenvalue weighted by Gasteiger charge is 2.41. The Morgan fingerprint density at radius 2 is 2.11 bits per heavy atom. The summed E-state index contributed by atoms with van der Waals surface area (Å²) in [6.07, 6.45) is 3.90. The van der Waals surface area contributed by atoms with Gasteiger partial charge in [0.2, 0.25) is 0 Å². The molecule has 0 saturated heterocycles. The van der Waals surface area contributed by atoms with Crippen LogP contribution in [0, 0.1) is 5.41 Å². The van der Waals surface area contributed by atoms with E-state index in [1.165, 1.54) is 0 Å². The number of pyridine rings is 1. The lowest BCUT2D eigenvalue weighted by Gasteiger charge is -2.14. The van der Waals surface area contributed by atoms with Crippen LogP contribution in [0.3, 0.4) is 0 Å². The van der Waals surface area contributed by atoms with Crippen LogP contribution >= 0.6 is 0 Å². The van der Waals surface area contributed by atoms with Crippen LogP contribution in [0.5, 0.6) is 0 Å². The Morgan fingerprint density at radius 1 is 1.32 bits per heavy atom. The molecule has 1 aliphatic rings. The van der Waals surface area contributed by atoms with E-state index in [1.54, 1.807) is 12.3 Å². The van der Waals surface area contributed by atoms with Crippen molar-refractivity contribution >= 4 is 16.8 Å². The summed E-state index contributed by atoms with van der Waals surface area (Å²) >= 11 is 0. The SMILES string of the molecule is NCC1(CNC(=O)c2ccnc3ccccc23)CC1. The molecule has 19 heavy (non-hydrogen) atoms. The molecule has 0 atom stereocenters. The predicted octanol–water partition coefficient (Wildman–Crippen LogP) is 1.70. The topological polar surface area (TPSA) is 68.0 Å². The number of nitrogens with zero attached hydrogens (tertiary/aromatic N) is 1. The van der Waals surface area contributed by atoms with Crippen molar-refractivity contribution in [1.29, 1.82) is 0 Å². The van der Waals surface area contributed by atoms with Crippen molar-refractivity contribution < 1.29 is 4.79 Å². The molecule has 1 aromatic heterocycles. The average molecular weight is 255 g/mol. The largest absolute Gasteiger partial charge is 0.351 e. The zero-order chi connectivity index (χ0) is 13.3. The lowest BCUT2D eigenvalue weighted by molar-refractivity contribution is 0.0947. The van der Waals surface area contributed by atoms with E-state index < -0.39 is 0 Å². The Morgan fingerprint density at radius 3 is 2.84 bits per heavy atom. The standard InChI is InChI=1S/C15H17N3O/c16-9-15(6-7-15)10-18-14(19)12-5-8-17-13-4-2-1-3-11(12)13/h1-5,8H,6-7,9-10,16H2,(H,18,19). The van der Waals surface area contributed by atoms with Gasteiger partial charge in [0.15, 0.2) is 0 Å². The monoisotopic (exact) mass is 255 g/mol. The van der Waals surface area contributed by atoms with Crippen LogP contribution in [0.1, 0.15) is 23.2 Å². The second-order valence-electron chi connectivity index (χ2n) is 5.26. The highest BCUT2D eigenvalue weighted by atomic mass is 16.1. The molecule has 3 N–H and O–H groups in total. The molecule has 4 nitrogen and oxygen atoms in total. The van der Waals surface area contributed by atoms with Gasteiger partial charge < -0.3 is 11.1 Å². The smallest absolute Gasteiger partial charge is 0.252 e. The number of para-hydroxylation sites is 1. The third-order valence-electron chi connectivity index (χ3n) is 3.91. The quantitative estimate of drug-likeness (QED) is 0.873. The Labute approximate surface area is 112 Å². The lowest BCUT2D eigenvalue weighted by Crippen LogP contribution is -2.34. The molecule has 1 amide bonds. The molecule has 3 rings (SSSR count). The number of nitrogens with one attached hydrogen (secondary N) is 1. The number of rotatable bonds is 4. The molecule has 1 aromatic carbocycles. The molecule has 1 saturated carbocycles. The zero-order valence-corrected chi connectivity index (χ0v) is 10.7. The van der Waals surface area contributed by atoms with E-state index in [4.69, 9.17) is 5.73 Å². The Balaban J connectivity index is 1.82. The number of carbonyl (C=O) groups is 1. The van der Waals surface area contributed by atoms with Crippen molar-refractivity contribution in [3.8, 4) is 0 Å². The number of hydrogen-bond donors (Lipinski definition) is 2. The molecular weight excluding hydrogens is 238 g/mol. The molecule has 0 radical (unpaired) electrons. The molecule has 98 valence electrons. The van der Waals surface area contributed by atoms with Crippen molar-refractivity contribution in [3.63, 3.8) is 0 Å². The van der Waals surface area contributed by atoms with Gasteiger partial charge in [-0.1, -0.05) is 18.2 Å². The summed E-state index contributed by atoms with van der Waals surface area (Å²) in [5, 5.41) is 3.89. The van der Waals surface area contributed by atoms with Gasteiger partial charge in [-0.3, -0.25) is 9.78 Å². The average Bonchev–Trinajstić information content (AvgIpc) is 3.25. The minimum atomic E-state index is -0.0432. The number of nitrogens with two attached hydrogens (primary N) is 1. The molecule has 0 aliphatic heterocycles. The fourth-order valence-electron chi connectivity index (χ4n) is 2.29. The van der Waals surface area contributed by atoms with Gasteiger partial charge in [0.25, 0.3) is 5.91 Å². The van der Waals surface area contributed by atoms with E-state index >= 15 is 0 Å². The maximum absolute atomic E-state index is 12.3. The van der Waals surface area contributed by atoms with Crippen LogP contribution in [0.15, 0.2) is 36.5 Å². The van der Waals surface area contributed by atoms with Gasteiger partial charge >= 0.3 is 0 Å². The van der Waals surface area contributed by atoms with Gasteiger partial charge in [-0.25, -0.2) is 0 Å². The van der Waals surface area contributed by atoms with E-state index in [9.17, 15) is 4.79 Å². The number of amides is 1. The molecule has 1 aliphatic carbocycles. The Bertz CT molecular complexity index is 614. The van der Waals surface area contributed by atoms with Gasteiger partial charge in [-0.15, -0.1) is 0 Å². The van der Waals surface area contributed by atoms with Crippen molar-refractivity contribution in [3.05, 3.63) is 42.1 Å². The molecule has 2 aromatic rings. The van der Waals surface area contributed by atoms with Gasteiger partial charge in [-0.05, 0) is 31.5 Å². The number of carbonyl (C=O) groups excluding carboxylic acids is 1. The highest BCUT2D eigenvalue weighted by molar-refractivity contribution is 6.05. The highest BCUT2D eigenvalue weighted by Crippen LogP contribution is 2.43. The zero-order valence-electron chi connectivity index (χ0n) is 10.7. The Hall–Kier alpha value is -1.94. The summed E-state index contributed by atoms with van der Waals surface area (Å²) in [5.41, 5.74) is 7.40. The van der Waals surface area contributed by atoms with Crippen LogP contribution in [-0.4, -0.2) is 24.0 Å². The molecular formula is C15H17N3O. The van der Waals surface area contributed by atoms with Gasteiger partial charge in [0.05, 0.1) is 11.1 Å². The van der Waals surface area contributed by atoms with Crippen LogP contribution in [0.25, 0.3) is 10.9 Å². The van der Waals surface area contributed by atoms with Crippen LogP contribution in [-0.2, 0) is 0 Å². The summed E-state index contributed by atoms with van der Waals surface area (Å²) in [5.74, 6) is -0.0432. The molecule has 4 heteroatoms. The number of benzene rings is 1. The minimum absolute atomic E-state index is 0.0432. The molecule has 1 fully saturated rings. The van der Waals surface area contributed by atoms with Crippen molar-refractivity contribution in [2.24, 2.45) is 11.1 Å². The fraction of sp³-hybridized carbons (Fsp3) is 0.333. The lowest BCUT2D eigenvalue weighted by atomic mass is 10.1. The van der Waals surface area contributed by atoms with Gasteiger partial charge in [0, 0.05) is 23.5 Å². The third-order valence-corrected chi connectivity index (χ3v) is 3.91. The normalized spacial score (nSPS) is 16.3. The number of aromatic nitrogens is 1. The molecule has 0 unspecified atom stereocenters. The summed E-state index contributed by atoms with van der Waals surface area (Å²) in [4.78, 5) is 16.5. The van der Waals surface area contributed by atoms with E-state index in [-0.39, 0.29) is 11.3 Å². The maximum Gasteiger partial charge on any atom is 0.252 e. The van der Waals surface area contributed by atoms with E-state index in [0.29, 0.717) is 18.7 Å². The first-order valence-electron chi connectivity index (χ1n) is 6.56. The molecule has 0 bridgehead atoms. The fourth-order valence-corrected chi connectivity index (χ4v) is 2.29. The van der Waals surface area contributed by atoms with Crippen molar-refractivity contribution in [2.45, 2.75) is 12.8 Å². The third kappa shape index (κ3) is 2.31. The van der Waals surface area contributed by atoms with Gasteiger partial charge in [-0.2, -0.15) is 0 Å². The predicted molar refractivity (Wildman–Crippen MR) is 74.8 cm³/mol. The van der Waals surface area contributed by atoms with E-state index in [1.807, 2.05) is 24.3 Å². The summed E-state index contributed by atoms with van der Waals surface area (Å²) in [7, 11) is 0. The minimum Gasteiger partial charge on any atom is -0.351 e. The second-order valence-corrected chi connectivity index (χ2v) is 5.26. The maximum atomic E-state index is 12.3. The first kappa shape index (κ1) is 12.1. The molecule has 1 heterocycles. The molecule has 0 spiro atoms. The van der Waals surface area contributed by atoms with E-state index in [2.05, 4.69) is 10.3 Å². The van der Waals surface area contributed by atoms with Crippen LogP contribution in [0.4, 0.5) is 0 Å². The number of fused-ring (bicyclic) bond motifs is 1. The second kappa shape index (κ2) is 4.63. The van der Waals surface area contributed by atoms with Crippen molar-refractivity contribution in [2.75, 3.05) is 13.1 Å². The summed E-state index contributed by atoms with van der Waals surface area (Å²) in [6.45, 7) is 1.31. The van der Waals surface area contributed by atoms with Gasteiger partial charge in [0.1, 0.15) is 0 Å². The number of hydrogen-bond acceptors (Lipinski definition) is 3. The van der Waals surface area contributed by atoms with Crippen molar-refractivity contribution in [1.82, 2.24) is 10.3 Å². The van der Waals surface area contributed by atoms with Crippen LogP contribution < -0.4 is 11.1 Å². The summed E-state index contributed by atoms with van der Waals surface area (Å²) in [6, 6.07) is 9.44. The Kier molecular flexibility index (Phi) is 2.95.